The number of hydrogen-bond acceptors (Lipinski definition) is 4. The molecule has 1 heterocycles. The number of nitrogens with one attached hydrogen (secondary N) is 2. The zero-order valence-electron chi connectivity index (χ0n) is 19.0. The third-order valence-electron chi connectivity index (χ3n) is 4.95. The first-order valence-corrected chi connectivity index (χ1v) is 11.5. The molecule has 3 aromatic rings. The average Bonchev–Trinajstić information content (AvgIpc) is 3.14. The monoisotopic (exact) mass is 490 g/mol. The largest absolute Gasteiger partial charge is 0.406 e. The minimum Gasteiger partial charge on any atom is -0.346 e. The molecule has 0 aliphatic rings. The molecule has 34 heavy (non-hydrogen) atoms. The molecule has 0 bridgehead atoms. The molecular formula is C24H25F3N4O2S. The van der Waals surface area contributed by atoms with E-state index < -0.39 is 24.5 Å². The second-order valence-corrected chi connectivity index (χ2v) is 8.82. The summed E-state index contributed by atoms with van der Waals surface area (Å²) in [4.78, 5) is 28.6. The van der Waals surface area contributed by atoms with Gasteiger partial charge < -0.3 is 15.2 Å². The molecule has 0 atom stereocenters. The Balaban J connectivity index is 1.60. The number of carbonyl (C=O) groups is 2. The Morgan fingerprint density at radius 3 is 2.29 bits per heavy atom. The van der Waals surface area contributed by atoms with Gasteiger partial charge in [0.15, 0.2) is 5.16 Å². The van der Waals surface area contributed by atoms with Crippen molar-refractivity contribution in [3.8, 4) is 11.3 Å². The molecule has 0 spiro atoms. The molecule has 0 aliphatic carbocycles. The number of hydrogen-bond donors (Lipinski definition) is 2. The number of amides is 2. The number of thioether (sulfide) groups is 1. The van der Waals surface area contributed by atoms with E-state index in [0.717, 1.165) is 33.0 Å². The number of alkyl halides is 3. The van der Waals surface area contributed by atoms with Gasteiger partial charge in [-0.25, -0.2) is 4.98 Å². The quantitative estimate of drug-likeness (QED) is 0.441. The number of imidazole rings is 1. The molecule has 0 unspecified atom stereocenters. The Kier molecular flexibility index (Phi) is 8.03. The molecule has 2 aromatic carbocycles. The first-order chi connectivity index (χ1) is 16.0. The van der Waals surface area contributed by atoms with Gasteiger partial charge in [-0.05, 0) is 37.5 Å². The van der Waals surface area contributed by atoms with Gasteiger partial charge in [0.05, 0.1) is 24.2 Å². The van der Waals surface area contributed by atoms with E-state index in [1.807, 2.05) is 32.9 Å². The van der Waals surface area contributed by atoms with Crippen LogP contribution < -0.4 is 10.6 Å². The van der Waals surface area contributed by atoms with E-state index in [9.17, 15) is 22.8 Å². The van der Waals surface area contributed by atoms with Crippen LogP contribution in [0.4, 0.5) is 18.9 Å². The van der Waals surface area contributed by atoms with Crippen LogP contribution in [-0.4, -0.2) is 39.8 Å². The fourth-order valence-electron chi connectivity index (χ4n) is 3.57. The van der Waals surface area contributed by atoms with Crippen LogP contribution >= 0.6 is 11.8 Å². The SMILES string of the molecule is Cc1cc(C)c(NC(=O)CNC(=O)CSc2ncc(-c3ccccc3)n2CC(F)(F)F)c(C)c1. The van der Waals surface area contributed by atoms with Crippen molar-refractivity contribution in [2.24, 2.45) is 0 Å². The van der Waals surface area contributed by atoms with Gasteiger partial charge in [0.25, 0.3) is 0 Å². The predicted octanol–water partition coefficient (Wildman–Crippen LogP) is 4.88. The van der Waals surface area contributed by atoms with Crippen molar-refractivity contribution in [2.45, 2.75) is 38.6 Å². The van der Waals surface area contributed by atoms with E-state index in [1.165, 1.54) is 6.20 Å². The van der Waals surface area contributed by atoms with Gasteiger partial charge in [0.2, 0.25) is 11.8 Å². The number of carbonyl (C=O) groups excluding carboxylic acids is 2. The van der Waals surface area contributed by atoms with Gasteiger partial charge in [-0.1, -0.05) is 59.8 Å². The number of aromatic nitrogens is 2. The minimum absolute atomic E-state index is 0.0710. The van der Waals surface area contributed by atoms with Gasteiger partial charge in [-0.3, -0.25) is 9.59 Å². The van der Waals surface area contributed by atoms with Crippen LogP contribution in [0, 0.1) is 20.8 Å². The van der Waals surface area contributed by atoms with Crippen LogP contribution in [0.2, 0.25) is 0 Å². The molecule has 0 saturated heterocycles. The van der Waals surface area contributed by atoms with E-state index >= 15 is 0 Å². The molecule has 6 nitrogen and oxygen atoms in total. The van der Waals surface area contributed by atoms with Crippen LogP contribution in [0.25, 0.3) is 11.3 Å². The molecule has 0 fully saturated rings. The van der Waals surface area contributed by atoms with Gasteiger partial charge >= 0.3 is 6.18 Å². The number of halogens is 3. The van der Waals surface area contributed by atoms with Crippen molar-refractivity contribution in [3.63, 3.8) is 0 Å². The van der Waals surface area contributed by atoms with Crippen LogP contribution in [-0.2, 0) is 16.1 Å². The number of nitrogens with zero attached hydrogens (tertiary/aromatic N) is 2. The second-order valence-electron chi connectivity index (χ2n) is 7.88. The normalized spacial score (nSPS) is 11.4. The Morgan fingerprint density at radius 1 is 1.03 bits per heavy atom. The first kappa shape index (κ1) is 25.4. The first-order valence-electron chi connectivity index (χ1n) is 10.5. The molecular weight excluding hydrogens is 465 g/mol. The number of rotatable bonds is 8. The van der Waals surface area contributed by atoms with Crippen LogP contribution in [0.1, 0.15) is 16.7 Å². The fourth-order valence-corrected chi connectivity index (χ4v) is 4.37. The van der Waals surface area contributed by atoms with Crippen LogP contribution in [0.3, 0.4) is 0 Å². The smallest absolute Gasteiger partial charge is 0.346 e. The number of anilines is 1. The van der Waals surface area contributed by atoms with E-state index in [0.29, 0.717) is 16.9 Å². The maximum Gasteiger partial charge on any atom is 0.406 e. The summed E-state index contributed by atoms with van der Waals surface area (Å²) >= 11 is 0.882. The maximum absolute atomic E-state index is 13.2. The molecule has 180 valence electrons. The molecule has 3 rings (SSSR count). The van der Waals surface area contributed by atoms with Gasteiger partial charge in [-0.2, -0.15) is 13.2 Å². The molecule has 10 heteroatoms. The summed E-state index contributed by atoms with van der Waals surface area (Å²) in [5.41, 5.74) is 4.51. The summed E-state index contributed by atoms with van der Waals surface area (Å²) in [6.07, 6.45) is -3.09. The second kappa shape index (κ2) is 10.8. The lowest BCUT2D eigenvalue weighted by Gasteiger charge is -2.14. The van der Waals surface area contributed by atoms with Gasteiger partial charge in [-0.15, -0.1) is 0 Å². The summed E-state index contributed by atoms with van der Waals surface area (Å²) in [7, 11) is 0. The molecule has 0 radical (unpaired) electrons. The van der Waals surface area contributed by atoms with Gasteiger partial charge in [0.1, 0.15) is 6.54 Å². The van der Waals surface area contributed by atoms with Gasteiger partial charge in [0, 0.05) is 5.69 Å². The highest BCUT2D eigenvalue weighted by Crippen LogP contribution is 2.30. The highest BCUT2D eigenvalue weighted by atomic mass is 32.2. The lowest BCUT2D eigenvalue weighted by atomic mass is 10.1. The van der Waals surface area contributed by atoms with Crippen LogP contribution in [0.5, 0.6) is 0 Å². The number of benzene rings is 2. The Labute approximate surface area is 200 Å². The summed E-state index contributed by atoms with van der Waals surface area (Å²) < 4.78 is 40.6. The highest BCUT2D eigenvalue weighted by Gasteiger charge is 2.31. The zero-order chi connectivity index (χ0) is 24.9. The maximum atomic E-state index is 13.2. The van der Waals surface area contributed by atoms with Crippen molar-refractivity contribution in [1.82, 2.24) is 14.9 Å². The topological polar surface area (TPSA) is 76.0 Å². The summed E-state index contributed by atoms with van der Waals surface area (Å²) in [6, 6.07) is 12.5. The molecule has 2 N–H and O–H groups in total. The van der Waals surface area contributed by atoms with Crippen LogP contribution in [0.15, 0.2) is 53.8 Å². The van der Waals surface area contributed by atoms with E-state index in [1.54, 1.807) is 30.3 Å². The third kappa shape index (κ3) is 6.86. The van der Waals surface area contributed by atoms with E-state index in [-0.39, 0.29) is 17.5 Å². The summed E-state index contributed by atoms with van der Waals surface area (Å²) in [5.74, 6) is -1.06. The standard InChI is InChI=1S/C24H25F3N4O2S/c1-15-9-16(2)22(17(3)10-15)30-20(32)12-28-21(33)13-34-23-29-11-19(18-7-5-4-6-8-18)31(23)14-24(25,26)27/h4-11H,12-14H2,1-3H3,(H,28,33)(H,30,32). The lowest BCUT2D eigenvalue weighted by Crippen LogP contribution is -2.34. The fraction of sp³-hybridized carbons (Fsp3) is 0.292. The van der Waals surface area contributed by atoms with E-state index in [2.05, 4.69) is 15.6 Å². The van der Waals surface area contributed by atoms with Crippen molar-refractivity contribution >= 4 is 29.3 Å². The third-order valence-corrected chi connectivity index (χ3v) is 5.94. The highest BCUT2D eigenvalue weighted by molar-refractivity contribution is 7.99. The summed E-state index contributed by atoms with van der Waals surface area (Å²) in [6.45, 7) is 4.26. The molecule has 0 aliphatic heterocycles. The summed E-state index contributed by atoms with van der Waals surface area (Å²) in [5, 5.41) is 5.36. The number of aryl methyl sites for hydroxylation is 3. The Hall–Kier alpha value is -3.27. The van der Waals surface area contributed by atoms with Crippen molar-refractivity contribution in [2.75, 3.05) is 17.6 Å². The van der Waals surface area contributed by atoms with Crippen molar-refractivity contribution in [1.29, 1.82) is 0 Å². The molecule has 1 aromatic heterocycles. The molecule has 0 saturated carbocycles. The predicted molar refractivity (Wildman–Crippen MR) is 127 cm³/mol. The minimum atomic E-state index is -4.45. The molecule has 2 amide bonds. The van der Waals surface area contributed by atoms with Crippen molar-refractivity contribution in [3.05, 3.63) is 65.4 Å². The van der Waals surface area contributed by atoms with E-state index in [4.69, 9.17) is 0 Å². The lowest BCUT2D eigenvalue weighted by molar-refractivity contribution is -0.141. The Morgan fingerprint density at radius 2 is 1.68 bits per heavy atom. The Bertz CT molecular complexity index is 1150. The average molecular weight is 491 g/mol. The zero-order valence-corrected chi connectivity index (χ0v) is 19.8. The van der Waals surface area contributed by atoms with Crippen molar-refractivity contribution < 1.29 is 22.8 Å².